The molecule has 0 aromatic carbocycles. The van der Waals surface area contributed by atoms with E-state index < -0.39 is 22.8 Å². The highest BCUT2D eigenvalue weighted by molar-refractivity contribution is 5.83. The molecule has 1 aromatic rings. The Morgan fingerprint density at radius 3 is 2.61 bits per heavy atom. The molecule has 0 fully saturated rings. The third-order valence-corrected chi connectivity index (χ3v) is 3.32. The Labute approximate surface area is 133 Å². The molecule has 2 N–H and O–H groups in total. The zero-order valence-corrected chi connectivity index (χ0v) is 13.3. The number of aliphatic carboxylic acids is 1. The average Bonchev–Trinajstić information content (AvgIpc) is 2.75. The van der Waals surface area contributed by atoms with Crippen molar-refractivity contribution in [2.75, 3.05) is 0 Å². The molecule has 0 aliphatic rings. The first kappa shape index (κ1) is 18.3. The minimum Gasteiger partial charge on any atom is -0.480 e. The third kappa shape index (κ3) is 4.90. The summed E-state index contributed by atoms with van der Waals surface area (Å²) in [5.41, 5.74) is 0.579. The summed E-state index contributed by atoms with van der Waals surface area (Å²) in [7, 11) is 0. The molecule has 0 saturated carbocycles. The number of carbonyl (C=O) groups excluding carboxylic acids is 1. The van der Waals surface area contributed by atoms with Gasteiger partial charge in [0.25, 0.3) is 0 Å². The molecular formula is C14H20N4O5. The number of nitrogens with zero attached hydrogens (tertiary/aromatic N) is 3. The molecule has 9 heteroatoms. The standard InChI is InChI=1S/C14H20N4O5/c1-4-5-6-11(14(20)21)15-12(19)7-8-17-10(3)13(18(22)23)9(2)16-17/h4-5,11H,6-8H2,1-3H3,(H,15,19)(H,20,21)/b5-4+. The molecule has 9 nitrogen and oxygen atoms in total. The highest BCUT2D eigenvalue weighted by Crippen LogP contribution is 2.21. The van der Waals surface area contributed by atoms with Crippen molar-refractivity contribution in [1.29, 1.82) is 0 Å². The lowest BCUT2D eigenvalue weighted by Crippen LogP contribution is -2.40. The summed E-state index contributed by atoms with van der Waals surface area (Å²) in [4.78, 5) is 33.3. The van der Waals surface area contributed by atoms with Crippen LogP contribution in [-0.4, -0.2) is 37.7 Å². The van der Waals surface area contributed by atoms with Gasteiger partial charge in [-0.25, -0.2) is 4.79 Å². The Bertz CT molecular complexity index is 635. The molecule has 23 heavy (non-hydrogen) atoms. The number of allylic oxidation sites excluding steroid dienone is 1. The Morgan fingerprint density at radius 2 is 2.13 bits per heavy atom. The molecule has 0 radical (unpaired) electrons. The summed E-state index contributed by atoms with van der Waals surface area (Å²) in [6.45, 7) is 4.99. The van der Waals surface area contributed by atoms with Crippen molar-refractivity contribution in [2.45, 2.75) is 46.2 Å². The third-order valence-electron chi connectivity index (χ3n) is 3.32. The number of aromatic nitrogens is 2. The minimum atomic E-state index is -1.11. The molecule has 126 valence electrons. The van der Waals surface area contributed by atoms with E-state index in [1.54, 1.807) is 26.0 Å². The summed E-state index contributed by atoms with van der Waals surface area (Å²) in [5.74, 6) is -1.56. The SMILES string of the molecule is C/C=C/CC(NC(=O)CCn1nc(C)c([N+](=O)[O-])c1C)C(=O)O. The molecule has 1 unspecified atom stereocenters. The molecule has 1 amide bonds. The number of nitrogens with one attached hydrogen (secondary N) is 1. The molecule has 0 aliphatic heterocycles. The van der Waals surface area contributed by atoms with Crippen LogP contribution >= 0.6 is 0 Å². The number of nitro groups is 1. The number of carboxylic acids is 1. The summed E-state index contributed by atoms with van der Waals surface area (Å²) in [6, 6.07) is -0.992. The Kier molecular flexibility index (Phi) is 6.43. The molecule has 0 saturated heterocycles. The number of carbonyl (C=O) groups is 2. The van der Waals surface area contributed by atoms with E-state index in [0.29, 0.717) is 5.69 Å². The smallest absolute Gasteiger partial charge is 0.326 e. The van der Waals surface area contributed by atoms with E-state index in [0.717, 1.165) is 0 Å². The van der Waals surface area contributed by atoms with Crippen LogP contribution in [0.2, 0.25) is 0 Å². The molecule has 0 aliphatic carbocycles. The highest BCUT2D eigenvalue weighted by atomic mass is 16.6. The quantitative estimate of drug-likeness (QED) is 0.422. The van der Waals surface area contributed by atoms with Crippen LogP contribution in [0.5, 0.6) is 0 Å². The van der Waals surface area contributed by atoms with E-state index in [1.165, 1.54) is 11.6 Å². The van der Waals surface area contributed by atoms with Gasteiger partial charge in [-0.2, -0.15) is 5.10 Å². The zero-order valence-electron chi connectivity index (χ0n) is 13.3. The van der Waals surface area contributed by atoms with Crippen LogP contribution in [0, 0.1) is 24.0 Å². The van der Waals surface area contributed by atoms with Crippen LogP contribution in [0.25, 0.3) is 0 Å². The fourth-order valence-electron chi connectivity index (χ4n) is 2.14. The van der Waals surface area contributed by atoms with Gasteiger partial charge in [-0.1, -0.05) is 12.2 Å². The lowest BCUT2D eigenvalue weighted by molar-refractivity contribution is -0.386. The van der Waals surface area contributed by atoms with Crippen molar-refractivity contribution in [1.82, 2.24) is 15.1 Å². The number of aryl methyl sites for hydroxylation is 2. The van der Waals surface area contributed by atoms with E-state index in [4.69, 9.17) is 5.11 Å². The molecule has 1 atom stereocenters. The first-order valence-electron chi connectivity index (χ1n) is 7.09. The van der Waals surface area contributed by atoms with Gasteiger partial charge in [-0.05, 0) is 27.2 Å². The number of rotatable bonds is 8. The second kappa shape index (κ2) is 8.06. The second-order valence-electron chi connectivity index (χ2n) is 5.01. The molecule has 0 spiro atoms. The summed E-state index contributed by atoms with van der Waals surface area (Å²) < 4.78 is 1.38. The molecule has 1 heterocycles. The van der Waals surface area contributed by atoms with Crippen molar-refractivity contribution >= 4 is 17.6 Å². The van der Waals surface area contributed by atoms with Gasteiger partial charge >= 0.3 is 11.7 Å². The lowest BCUT2D eigenvalue weighted by Gasteiger charge is -2.12. The van der Waals surface area contributed by atoms with Crippen LogP contribution in [0.4, 0.5) is 5.69 Å². The fraction of sp³-hybridized carbons (Fsp3) is 0.500. The summed E-state index contributed by atoms with van der Waals surface area (Å²) in [6.07, 6.45) is 3.54. The number of hydrogen-bond donors (Lipinski definition) is 2. The van der Waals surface area contributed by atoms with E-state index in [2.05, 4.69) is 10.4 Å². The predicted octanol–water partition coefficient (Wildman–Crippen LogP) is 1.33. The summed E-state index contributed by atoms with van der Waals surface area (Å²) >= 11 is 0. The van der Waals surface area contributed by atoms with E-state index in [9.17, 15) is 19.7 Å². The van der Waals surface area contributed by atoms with Gasteiger partial charge in [0, 0.05) is 6.42 Å². The van der Waals surface area contributed by atoms with Crippen LogP contribution < -0.4 is 5.32 Å². The molecule has 1 aromatic heterocycles. The largest absolute Gasteiger partial charge is 0.480 e. The second-order valence-corrected chi connectivity index (χ2v) is 5.01. The topological polar surface area (TPSA) is 127 Å². The van der Waals surface area contributed by atoms with Crippen LogP contribution in [0.15, 0.2) is 12.2 Å². The maximum Gasteiger partial charge on any atom is 0.326 e. The number of amides is 1. The molecule has 1 rings (SSSR count). The van der Waals surface area contributed by atoms with E-state index in [1.807, 2.05) is 0 Å². The fourth-order valence-corrected chi connectivity index (χ4v) is 2.14. The monoisotopic (exact) mass is 324 g/mol. The van der Waals surface area contributed by atoms with E-state index >= 15 is 0 Å². The van der Waals surface area contributed by atoms with Crippen molar-refractivity contribution in [3.8, 4) is 0 Å². The van der Waals surface area contributed by atoms with Crippen molar-refractivity contribution in [2.24, 2.45) is 0 Å². The zero-order chi connectivity index (χ0) is 17.6. The molecule has 0 bridgehead atoms. The van der Waals surface area contributed by atoms with Gasteiger partial charge in [0.15, 0.2) is 0 Å². The van der Waals surface area contributed by atoms with Crippen molar-refractivity contribution in [3.63, 3.8) is 0 Å². The number of carboxylic acid groups (broad SMARTS) is 1. The first-order valence-corrected chi connectivity index (χ1v) is 7.09. The van der Waals surface area contributed by atoms with Crippen LogP contribution in [0.1, 0.15) is 31.2 Å². The van der Waals surface area contributed by atoms with Gasteiger partial charge in [-0.15, -0.1) is 0 Å². The molecular weight excluding hydrogens is 304 g/mol. The number of hydrogen-bond acceptors (Lipinski definition) is 5. The van der Waals surface area contributed by atoms with Crippen LogP contribution in [-0.2, 0) is 16.1 Å². The van der Waals surface area contributed by atoms with Crippen LogP contribution in [0.3, 0.4) is 0 Å². The Morgan fingerprint density at radius 1 is 1.48 bits per heavy atom. The normalized spacial score (nSPS) is 12.3. The summed E-state index contributed by atoms with van der Waals surface area (Å²) in [5, 5.41) is 26.4. The van der Waals surface area contributed by atoms with Gasteiger partial charge in [0.05, 0.1) is 11.5 Å². The maximum atomic E-state index is 11.9. The van der Waals surface area contributed by atoms with Crippen molar-refractivity contribution < 1.29 is 19.6 Å². The highest BCUT2D eigenvalue weighted by Gasteiger charge is 2.23. The lowest BCUT2D eigenvalue weighted by atomic mass is 10.2. The maximum absolute atomic E-state index is 11.9. The Hall–Kier alpha value is -2.71. The average molecular weight is 324 g/mol. The first-order chi connectivity index (χ1) is 10.8. The van der Waals surface area contributed by atoms with Gasteiger partial charge < -0.3 is 10.4 Å². The van der Waals surface area contributed by atoms with Gasteiger partial charge in [0.1, 0.15) is 17.4 Å². The predicted molar refractivity (Wildman–Crippen MR) is 82.0 cm³/mol. The minimum absolute atomic E-state index is 0.0151. The Balaban J connectivity index is 2.67. The van der Waals surface area contributed by atoms with Gasteiger partial charge in [0.2, 0.25) is 5.91 Å². The van der Waals surface area contributed by atoms with Crippen molar-refractivity contribution in [3.05, 3.63) is 33.7 Å². The van der Waals surface area contributed by atoms with Gasteiger partial charge in [-0.3, -0.25) is 19.6 Å². The van der Waals surface area contributed by atoms with E-state index in [-0.39, 0.29) is 30.8 Å².